The zero-order chi connectivity index (χ0) is 13.5. The first-order valence-corrected chi connectivity index (χ1v) is 6.53. The van der Waals surface area contributed by atoms with E-state index in [-0.39, 0.29) is 11.9 Å². The van der Waals surface area contributed by atoms with Crippen molar-refractivity contribution in [1.82, 2.24) is 20.2 Å². The lowest BCUT2D eigenvalue weighted by Crippen LogP contribution is -2.37. The molecule has 1 aromatic heterocycles. The normalized spacial score (nSPS) is 12.7. The molecule has 1 amide bonds. The second kappa shape index (κ2) is 7.16. The van der Waals surface area contributed by atoms with Crippen molar-refractivity contribution in [3.8, 4) is 0 Å². The summed E-state index contributed by atoms with van der Waals surface area (Å²) in [5.74, 6) is 0.477. The highest BCUT2D eigenvalue weighted by Gasteiger charge is 2.11. The van der Waals surface area contributed by atoms with Crippen LogP contribution in [0.15, 0.2) is 12.5 Å². The van der Waals surface area contributed by atoms with Gasteiger partial charge in [-0.05, 0) is 19.4 Å². The van der Waals surface area contributed by atoms with Gasteiger partial charge in [0.1, 0.15) is 6.54 Å². The molecule has 1 unspecified atom stereocenters. The fourth-order valence-electron chi connectivity index (χ4n) is 1.47. The first-order chi connectivity index (χ1) is 8.52. The molecule has 1 aromatic rings. The minimum absolute atomic E-state index is 0.0311. The Morgan fingerprint density at radius 2 is 2.17 bits per heavy atom. The van der Waals surface area contributed by atoms with Gasteiger partial charge in [-0.3, -0.25) is 4.79 Å². The Labute approximate surface area is 109 Å². The number of aromatic nitrogens is 2. The highest BCUT2D eigenvalue weighted by molar-refractivity contribution is 5.76. The molecule has 0 spiro atoms. The van der Waals surface area contributed by atoms with Gasteiger partial charge in [0.05, 0.1) is 12.0 Å². The molecule has 5 heteroatoms. The van der Waals surface area contributed by atoms with Crippen LogP contribution in [0.2, 0.25) is 0 Å². The molecule has 0 bridgehead atoms. The van der Waals surface area contributed by atoms with E-state index in [0.717, 1.165) is 18.8 Å². The quantitative estimate of drug-likeness (QED) is 0.765. The molecule has 0 radical (unpaired) electrons. The Hall–Kier alpha value is -1.36. The van der Waals surface area contributed by atoms with Gasteiger partial charge in [-0.25, -0.2) is 4.98 Å². The highest BCUT2D eigenvalue weighted by atomic mass is 16.2. The van der Waals surface area contributed by atoms with Crippen LogP contribution < -0.4 is 10.6 Å². The minimum atomic E-state index is 0.0311. The maximum absolute atomic E-state index is 11.8. The van der Waals surface area contributed by atoms with Gasteiger partial charge < -0.3 is 15.2 Å². The second-order valence-electron chi connectivity index (χ2n) is 4.92. The lowest BCUT2D eigenvalue weighted by Gasteiger charge is -2.17. The number of hydrogen-bond acceptors (Lipinski definition) is 3. The standard InChI is InChI=1S/C13H24N4O/c1-5-14-6-12-7-17(9-15-12)8-13(18)16-11(4)10(2)3/h7,9-11,14H,5-6,8H2,1-4H3,(H,16,18). The molecule has 0 fully saturated rings. The summed E-state index contributed by atoms with van der Waals surface area (Å²) in [5, 5.41) is 6.18. The Bertz CT molecular complexity index is 373. The fraction of sp³-hybridized carbons (Fsp3) is 0.692. The average molecular weight is 252 g/mol. The Morgan fingerprint density at radius 3 is 2.78 bits per heavy atom. The van der Waals surface area contributed by atoms with Gasteiger partial charge in [0.15, 0.2) is 0 Å². The lowest BCUT2D eigenvalue weighted by molar-refractivity contribution is -0.122. The summed E-state index contributed by atoms with van der Waals surface area (Å²) >= 11 is 0. The molecule has 0 aliphatic rings. The molecule has 0 aromatic carbocycles. The molecule has 102 valence electrons. The van der Waals surface area contributed by atoms with Crippen LogP contribution in [0.3, 0.4) is 0 Å². The van der Waals surface area contributed by atoms with Gasteiger partial charge in [0.25, 0.3) is 0 Å². The number of imidazole rings is 1. The molecule has 1 rings (SSSR count). The number of carbonyl (C=O) groups is 1. The molecular formula is C13H24N4O. The number of amides is 1. The summed E-state index contributed by atoms with van der Waals surface area (Å²) in [7, 11) is 0. The molecule has 5 nitrogen and oxygen atoms in total. The third-order valence-electron chi connectivity index (χ3n) is 2.96. The zero-order valence-electron chi connectivity index (χ0n) is 11.7. The third-order valence-corrected chi connectivity index (χ3v) is 2.96. The first kappa shape index (κ1) is 14.7. The van der Waals surface area contributed by atoms with Crippen LogP contribution in [0.5, 0.6) is 0 Å². The Kier molecular flexibility index (Phi) is 5.85. The van der Waals surface area contributed by atoms with E-state index in [4.69, 9.17) is 0 Å². The van der Waals surface area contributed by atoms with Crippen molar-refractivity contribution in [2.24, 2.45) is 5.92 Å². The molecule has 0 aliphatic carbocycles. The average Bonchev–Trinajstić information content (AvgIpc) is 2.73. The smallest absolute Gasteiger partial charge is 0.240 e. The maximum Gasteiger partial charge on any atom is 0.240 e. The largest absolute Gasteiger partial charge is 0.352 e. The molecule has 18 heavy (non-hydrogen) atoms. The molecule has 1 atom stereocenters. The van der Waals surface area contributed by atoms with E-state index in [0.29, 0.717) is 12.5 Å². The predicted octanol–water partition coefficient (Wildman–Crippen LogP) is 1.15. The van der Waals surface area contributed by atoms with Crippen LogP contribution in [0.25, 0.3) is 0 Å². The molecule has 1 heterocycles. The van der Waals surface area contributed by atoms with E-state index in [1.807, 2.05) is 17.7 Å². The molecule has 0 saturated carbocycles. The monoisotopic (exact) mass is 252 g/mol. The van der Waals surface area contributed by atoms with E-state index >= 15 is 0 Å². The van der Waals surface area contributed by atoms with Gasteiger partial charge in [-0.15, -0.1) is 0 Å². The number of carbonyl (C=O) groups excluding carboxylic acids is 1. The van der Waals surface area contributed by atoms with Crippen molar-refractivity contribution < 1.29 is 4.79 Å². The van der Waals surface area contributed by atoms with Gasteiger partial charge in [0, 0.05) is 18.8 Å². The fourth-order valence-corrected chi connectivity index (χ4v) is 1.47. The van der Waals surface area contributed by atoms with Crippen LogP contribution in [-0.4, -0.2) is 28.0 Å². The number of rotatable bonds is 7. The van der Waals surface area contributed by atoms with E-state index < -0.39 is 0 Å². The summed E-state index contributed by atoms with van der Waals surface area (Å²) in [4.78, 5) is 16.0. The first-order valence-electron chi connectivity index (χ1n) is 6.53. The van der Waals surface area contributed by atoms with Crippen molar-refractivity contribution >= 4 is 5.91 Å². The van der Waals surface area contributed by atoms with Gasteiger partial charge in [-0.2, -0.15) is 0 Å². The van der Waals surface area contributed by atoms with Crippen molar-refractivity contribution in [3.05, 3.63) is 18.2 Å². The summed E-state index contributed by atoms with van der Waals surface area (Å²) in [6.07, 6.45) is 3.61. The van der Waals surface area contributed by atoms with E-state index in [1.165, 1.54) is 0 Å². The maximum atomic E-state index is 11.8. The van der Waals surface area contributed by atoms with Gasteiger partial charge in [-0.1, -0.05) is 20.8 Å². The predicted molar refractivity (Wildman–Crippen MR) is 72.1 cm³/mol. The molecule has 0 saturated heterocycles. The molecule has 2 N–H and O–H groups in total. The van der Waals surface area contributed by atoms with Gasteiger partial charge >= 0.3 is 0 Å². The van der Waals surface area contributed by atoms with Crippen LogP contribution in [-0.2, 0) is 17.9 Å². The molecule has 0 aliphatic heterocycles. The van der Waals surface area contributed by atoms with Crippen molar-refractivity contribution in [2.45, 2.75) is 46.8 Å². The Morgan fingerprint density at radius 1 is 1.44 bits per heavy atom. The SMILES string of the molecule is CCNCc1cn(CC(=O)NC(C)C(C)C)cn1. The van der Waals surface area contributed by atoms with Crippen molar-refractivity contribution in [3.63, 3.8) is 0 Å². The summed E-state index contributed by atoms with van der Waals surface area (Å²) in [6, 6.07) is 0.197. The second-order valence-corrected chi connectivity index (χ2v) is 4.92. The minimum Gasteiger partial charge on any atom is -0.352 e. The summed E-state index contributed by atoms with van der Waals surface area (Å²) < 4.78 is 1.81. The van der Waals surface area contributed by atoms with Crippen LogP contribution in [0.1, 0.15) is 33.4 Å². The van der Waals surface area contributed by atoms with Crippen molar-refractivity contribution in [2.75, 3.05) is 6.54 Å². The molecular weight excluding hydrogens is 228 g/mol. The number of hydrogen-bond donors (Lipinski definition) is 2. The van der Waals surface area contributed by atoms with Crippen LogP contribution >= 0.6 is 0 Å². The van der Waals surface area contributed by atoms with Gasteiger partial charge in [0.2, 0.25) is 5.91 Å². The van der Waals surface area contributed by atoms with Crippen LogP contribution in [0.4, 0.5) is 0 Å². The third kappa shape index (κ3) is 4.87. The van der Waals surface area contributed by atoms with E-state index in [9.17, 15) is 4.79 Å². The number of nitrogens with one attached hydrogen (secondary N) is 2. The topological polar surface area (TPSA) is 59.0 Å². The summed E-state index contributed by atoms with van der Waals surface area (Å²) in [6.45, 7) is 10.3. The highest BCUT2D eigenvalue weighted by Crippen LogP contribution is 2.00. The number of nitrogens with zero attached hydrogens (tertiary/aromatic N) is 2. The van der Waals surface area contributed by atoms with E-state index in [1.54, 1.807) is 6.33 Å². The Balaban J connectivity index is 2.42. The zero-order valence-corrected chi connectivity index (χ0v) is 11.7. The summed E-state index contributed by atoms with van der Waals surface area (Å²) in [5.41, 5.74) is 0.960. The van der Waals surface area contributed by atoms with Crippen molar-refractivity contribution in [1.29, 1.82) is 0 Å². The lowest BCUT2D eigenvalue weighted by atomic mass is 10.1. The van der Waals surface area contributed by atoms with Crippen LogP contribution in [0, 0.1) is 5.92 Å². The van der Waals surface area contributed by atoms with E-state index in [2.05, 4.69) is 36.4 Å².